The van der Waals surface area contributed by atoms with Crippen LogP contribution in [-0.2, 0) is 9.53 Å². The third-order valence-corrected chi connectivity index (χ3v) is 1.15. The fourth-order valence-corrected chi connectivity index (χ4v) is 0.672. The molecule has 0 fully saturated rings. The van der Waals surface area contributed by atoms with E-state index in [2.05, 4.69) is 17.0 Å². The van der Waals surface area contributed by atoms with Crippen molar-refractivity contribution < 1.29 is 9.53 Å². The van der Waals surface area contributed by atoms with E-state index >= 15 is 0 Å². The lowest BCUT2D eigenvalue weighted by molar-refractivity contribution is -0.154. The minimum absolute atomic E-state index is 0.226. The standard InChI is InChI=1S/C7H16N2O2.C4H7N/c1-7(2,3)11-6(10)4-5-9-8;1-3-4-5-2/h9H,4-5,8H2,1-3H3;3-4H,1H2,2H3. The first-order chi connectivity index (χ1) is 7.37. The monoisotopic (exact) mass is 229 g/mol. The largest absolute Gasteiger partial charge is 0.460 e. The van der Waals surface area contributed by atoms with Gasteiger partial charge in [-0.05, 0) is 20.8 Å². The van der Waals surface area contributed by atoms with Gasteiger partial charge in [0.25, 0.3) is 0 Å². The second-order valence-corrected chi connectivity index (χ2v) is 3.93. The summed E-state index contributed by atoms with van der Waals surface area (Å²) in [4.78, 5) is 14.5. The lowest BCUT2D eigenvalue weighted by atomic mass is 10.2. The number of rotatable bonds is 4. The van der Waals surface area contributed by atoms with Crippen molar-refractivity contribution in [1.29, 1.82) is 0 Å². The number of hydrogen-bond donors (Lipinski definition) is 2. The number of carbonyl (C=O) groups excluding carboxylic acids is 1. The second-order valence-electron chi connectivity index (χ2n) is 3.93. The van der Waals surface area contributed by atoms with Crippen LogP contribution in [-0.4, -0.2) is 31.4 Å². The molecule has 0 aliphatic rings. The Morgan fingerprint density at radius 1 is 1.56 bits per heavy atom. The zero-order valence-corrected chi connectivity index (χ0v) is 10.6. The van der Waals surface area contributed by atoms with Crippen molar-refractivity contribution in [1.82, 2.24) is 5.43 Å². The van der Waals surface area contributed by atoms with Gasteiger partial charge in [-0.25, -0.2) is 0 Å². The smallest absolute Gasteiger partial charge is 0.307 e. The highest BCUT2D eigenvalue weighted by atomic mass is 16.6. The topological polar surface area (TPSA) is 76.7 Å². The molecule has 94 valence electrons. The zero-order chi connectivity index (χ0) is 13.0. The summed E-state index contributed by atoms with van der Waals surface area (Å²) < 4.78 is 5.01. The summed E-state index contributed by atoms with van der Waals surface area (Å²) in [6.07, 6.45) is 3.59. The summed E-state index contributed by atoms with van der Waals surface area (Å²) in [6, 6.07) is 0. The highest BCUT2D eigenvalue weighted by Gasteiger charge is 2.15. The van der Waals surface area contributed by atoms with Crippen LogP contribution in [0, 0.1) is 0 Å². The van der Waals surface area contributed by atoms with E-state index in [1.807, 2.05) is 20.8 Å². The van der Waals surface area contributed by atoms with E-state index in [0.717, 1.165) is 0 Å². The molecule has 0 radical (unpaired) electrons. The number of nitrogens with two attached hydrogens (primary N) is 1. The molecule has 5 heteroatoms. The van der Waals surface area contributed by atoms with Gasteiger partial charge in [-0.2, -0.15) is 0 Å². The molecule has 0 aliphatic heterocycles. The Morgan fingerprint density at radius 3 is 2.38 bits per heavy atom. The molecule has 0 amide bonds. The highest BCUT2D eigenvalue weighted by molar-refractivity contribution is 5.70. The molecule has 0 aromatic carbocycles. The van der Waals surface area contributed by atoms with E-state index in [1.54, 1.807) is 19.3 Å². The van der Waals surface area contributed by atoms with Gasteiger partial charge in [0.05, 0.1) is 6.42 Å². The number of aliphatic imine (C=N–C) groups is 1. The van der Waals surface area contributed by atoms with Crippen molar-refractivity contribution in [3.63, 3.8) is 0 Å². The average Bonchev–Trinajstić information content (AvgIpc) is 2.14. The Labute approximate surface area is 97.7 Å². The average molecular weight is 229 g/mol. The minimum atomic E-state index is -0.397. The van der Waals surface area contributed by atoms with Gasteiger partial charge in [-0.1, -0.05) is 12.7 Å². The van der Waals surface area contributed by atoms with Crippen molar-refractivity contribution in [2.75, 3.05) is 13.6 Å². The van der Waals surface area contributed by atoms with Crippen molar-refractivity contribution in [3.05, 3.63) is 12.7 Å². The summed E-state index contributed by atoms with van der Waals surface area (Å²) >= 11 is 0. The molecule has 5 nitrogen and oxygen atoms in total. The summed E-state index contributed by atoms with van der Waals surface area (Å²) in [5.74, 6) is 4.76. The molecule has 0 aromatic rings. The van der Waals surface area contributed by atoms with Crippen LogP contribution in [0.1, 0.15) is 27.2 Å². The maximum atomic E-state index is 10.9. The van der Waals surface area contributed by atoms with Crippen molar-refractivity contribution in [2.24, 2.45) is 10.8 Å². The number of nitrogens with zero attached hydrogens (tertiary/aromatic N) is 1. The molecule has 0 heterocycles. The third-order valence-electron chi connectivity index (χ3n) is 1.15. The molecule has 0 unspecified atom stereocenters. The fourth-order valence-electron chi connectivity index (χ4n) is 0.672. The molecule has 0 atom stereocenters. The first kappa shape index (κ1) is 17.2. The van der Waals surface area contributed by atoms with Crippen LogP contribution in [0.25, 0.3) is 0 Å². The van der Waals surface area contributed by atoms with E-state index in [-0.39, 0.29) is 5.97 Å². The molecular weight excluding hydrogens is 206 g/mol. The lowest BCUT2D eigenvalue weighted by Gasteiger charge is -2.19. The van der Waals surface area contributed by atoms with Gasteiger partial charge in [-0.3, -0.25) is 21.1 Å². The van der Waals surface area contributed by atoms with Gasteiger partial charge in [0.1, 0.15) is 5.60 Å². The molecule has 0 rings (SSSR count). The van der Waals surface area contributed by atoms with E-state index in [9.17, 15) is 4.79 Å². The van der Waals surface area contributed by atoms with Crippen LogP contribution in [0.3, 0.4) is 0 Å². The van der Waals surface area contributed by atoms with E-state index < -0.39 is 5.60 Å². The van der Waals surface area contributed by atoms with Crippen LogP contribution in [0.4, 0.5) is 0 Å². The SMILES string of the molecule is C=CC=NC.CC(C)(C)OC(=O)CCNN. The van der Waals surface area contributed by atoms with Crippen molar-refractivity contribution in [2.45, 2.75) is 32.8 Å². The van der Waals surface area contributed by atoms with Gasteiger partial charge < -0.3 is 4.74 Å². The molecule has 0 bridgehead atoms. The molecule has 0 saturated heterocycles. The molecule has 3 N–H and O–H groups in total. The summed E-state index contributed by atoms with van der Waals surface area (Å²) in [7, 11) is 1.71. The van der Waals surface area contributed by atoms with E-state index in [1.165, 1.54) is 0 Å². The second kappa shape index (κ2) is 10.3. The minimum Gasteiger partial charge on any atom is -0.460 e. The predicted molar refractivity (Wildman–Crippen MR) is 67.3 cm³/mol. The number of ether oxygens (including phenoxy) is 1. The number of esters is 1. The van der Waals surface area contributed by atoms with Gasteiger partial charge in [0.2, 0.25) is 0 Å². The molecule has 16 heavy (non-hydrogen) atoms. The Bertz CT molecular complexity index is 220. The first-order valence-corrected chi connectivity index (χ1v) is 5.06. The summed E-state index contributed by atoms with van der Waals surface area (Å²) in [6.45, 7) is 9.36. The third kappa shape index (κ3) is 18.6. The maximum absolute atomic E-state index is 10.9. The van der Waals surface area contributed by atoms with Gasteiger partial charge >= 0.3 is 5.97 Å². The zero-order valence-electron chi connectivity index (χ0n) is 10.6. The molecule has 0 aliphatic carbocycles. The Kier molecular flexibility index (Phi) is 11.1. The molecule has 0 aromatic heterocycles. The first-order valence-electron chi connectivity index (χ1n) is 5.06. The van der Waals surface area contributed by atoms with E-state index in [0.29, 0.717) is 13.0 Å². The van der Waals surface area contributed by atoms with E-state index in [4.69, 9.17) is 10.6 Å². The lowest BCUT2D eigenvalue weighted by Crippen LogP contribution is -2.29. The fraction of sp³-hybridized carbons (Fsp3) is 0.636. The Balaban J connectivity index is 0. The molecule has 0 spiro atoms. The quantitative estimate of drug-likeness (QED) is 0.327. The van der Waals surface area contributed by atoms with Crippen LogP contribution in [0.15, 0.2) is 17.6 Å². The number of hydrazine groups is 1. The maximum Gasteiger partial charge on any atom is 0.307 e. The number of allylic oxidation sites excluding steroid dienone is 1. The van der Waals surface area contributed by atoms with Crippen LogP contribution >= 0.6 is 0 Å². The summed E-state index contributed by atoms with van der Waals surface area (Å²) in [5.41, 5.74) is 1.99. The predicted octanol–water partition coefficient (Wildman–Crippen LogP) is 1.05. The van der Waals surface area contributed by atoms with Crippen LogP contribution < -0.4 is 11.3 Å². The normalized spacial score (nSPS) is 10.6. The van der Waals surface area contributed by atoms with Crippen LogP contribution in [0.5, 0.6) is 0 Å². The Hall–Kier alpha value is -1.20. The number of hydrogen-bond acceptors (Lipinski definition) is 5. The van der Waals surface area contributed by atoms with Gasteiger partial charge in [0.15, 0.2) is 0 Å². The van der Waals surface area contributed by atoms with Crippen molar-refractivity contribution >= 4 is 12.2 Å². The molecular formula is C11H23N3O2. The number of nitrogens with one attached hydrogen (secondary N) is 1. The molecule has 0 saturated carbocycles. The Morgan fingerprint density at radius 2 is 2.12 bits per heavy atom. The van der Waals surface area contributed by atoms with Gasteiger partial charge in [0, 0.05) is 19.8 Å². The summed E-state index contributed by atoms with van der Waals surface area (Å²) in [5, 5.41) is 0. The number of carbonyl (C=O) groups is 1. The van der Waals surface area contributed by atoms with Crippen LogP contribution in [0.2, 0.25) is 0 Å². The highest BCUT2D eigenvalue weighted by Crippen LogP contribution is 2.07. The van der Waals surface area contributed by atoms with Crippen molar-refractivity contribution in [3.8, 4) is 0 Å². The van der Waals surface area contributed by atoms with Gasteiger partial charge in [-0.15, -0.1) is 0 Å².